The number of ether oxygens (including phenoxy) is 1. The van der Waals surface area contributed by atoms with E-state index in [1.165, 1.54) is 5.56 Å². The molecule has 0 spiro atoms. The van der Waals surface area contributed by atoms with Gasteiger partial charge in [-0.1, -0.05) is 42.5 Å². The van der Waals surface area contributed by atoms with Crippen molar-refractivity contribution in [1.29, 1.82) is 0 Å². The van der Waals surface area contributed by atoms with Crippen LogP contribution in [0.2, 0.25) is 0 Å². The maximum Gasteiger partial charge on any atom is 0.163 e. The SMILES string of the molecule is COc1ccc(-c2c(Cc3ccccc3)nn3c(C)cc(C)nc23)cc1. The quantitative estimate of drug-likeness (QED) is 0.543. The number of hydrogen-bond acceptors (Lipinski definition) is 3. The molecule has 0 N–H and O–H groups in total. The van der Waals surface area contributed by atoms with Gasteiger partial charge in [0.1, 0.15) is 5.75 Å². The zero-order valence-corrected chi connectivity index (χ0v) is 15.2. The van der Waals surface area contributed by atoms with E-state index in [9.17, 15) is 0 Å². The fourth-order valence-electron chi connectivity index (χ4n) is 3.33. The minimum absolute atomic E-state index is 0.768. The number of benzene rings is 2. The summed E-state index contributed by atoms with van der Waals surface area (Å²) >= 11 is 0. The van der Waals surface area contributed by atoms with Crippen molar-refractivity contribution in [2.24, 2.45) is 0 Å². The molecule has 0 aliphatic carbocycles. The molecule has 2 aromatic carbocycles. The summed E-state index contributed by atoms with van der Waals surface area (Å²) in [5.41, 5.74) is 7.44. The third-order valence-electron chi connectivity index (χ3n) is 4.56. The van der Waals surface area contributed by atoms with Crippen molar-refractivity contribution in [1.82, 2.24) is 14.6 Å². The maximum absolute atomic E-state index is 5.30. The van der Waals surface area contributed by atoms with Gasteiger partial charge < -0.3 is 4.74 Å². The molecule has 130 valence electrons. The summed E-state index contributed by atoms with van der Waals surface area (Å²) in [7, 11) is 1.68. The molecule has 0 fully saturated rings. The molecule has 0 aliphatic rings. The van der Waals surface area contributed by atoms with Gasteiger partial charge in [0, 0.05) is 17.8 Å². The van der Waals surface area contributed by atoms with Gasteiger partial charge in [-0.2, -0.15) is 5.10 Å². The molecule has 26 heavy (non-hydrogen) atoms. The molecule has 0 radical (unpaired) electrons. The van der Waals surface area contributed by atoms with Gasteiger partial charge in [-0.15, -0.1) is 0 Å². The van der Waals surface area contributed by atoms with Crippen LogP contribution in [0.4, 0.5) is 0 Å². The fraction of sp³-hybridized carbons (Fsp3) is 0.182. The van der Waals surface area contributed by atoms with Crippen LogP contribution in [0.25, 0.3) is 16.8 Å². The van der Waals surface area contributed by atoms with Crippen molar-refractivity contribution in [3.05, 3.63) is 83.3 Å². The van der Waals surface area contributed by atoms with E-state index in [2.05, 4.69) is 49.4 Å². The average Bonchev–Trinajstić information content (AvgIpc) is 3.01. The highest BCUT2D eigenvalue weighted by Gasteiger charge is 2.18. The number of fused-ring (bicyclic) bond motifs is 1. The lowest BCUT2D eigenvalue weighted by molar-refractivity contribution is 0.415. The van der Waals surface area contributed by atoms with Crippen molar-refractivity contribution in [3.8, 4) is 16.9 Å². The summed E-state index contributed by atoms with van der Waals surface area (Å²) in [5, 5.41) is 4.89. The lowest BCUT2D eigenvalue weighted by atomic mass is 10.0. The van der Waals surface area contributed by atoms with Crippen LogP contribution in [-0.4, -0.2) is 21.7 Å². The van der Waals surface area contributed by atoms with Crippen LogP contribution in [0.15, 0.2) is 60.7 Å². The second-order valence-electron chi connectivity index (χ2n) is 6.49. The van der Waals surface area contributed by atoms with Crippen LogP contribution in [0, 0.1) is 13.8 Å². The average molecular weight is 343 g/mol. The molecule has 4 aromatic rings. The Morgan fingerprint density at radius 3 is 2.38 bits per heavy atom. The van der Waals surface area contributed by atoms with Crippen LogP contribution in [0.3, 0.4) is 0 Å². The Morgan fingerprint density at radius 2 is 1.69 bits per heavy atom. The molecule has 0 aliphatic heterocycles. The van der Waals surface area contributed by atoms with Gasteiger partial charge in [-0.25, -0.2) is 9.50 Å². The number of methoxy groups -OCH3 is 1. The minimum atomic E-state index is 0.768. The van der Waals surface area contributed by atoms with Crippen LogP contribution in [-0.2, 0) is 6.42 Å². The number of aromatic nitrogens is 3. The lowest BCUT2D eigenvalue weighted by Gasteiger charge is -2.06. The molecule has 4 rings (SSSR count). The number of nitrogens with zero attached hydrogens (tertiary/aromatic N) is 3. The molecule has 0 bridgehead atoms. The predicted octanol–water partition coefficient (Wildman–Crippen LogP) is 4.61. The molecule has 0 saturated carbocycles. The van der Waals surface area contributed by atoms with Gasteiger partial charge >= 0.3 is 0 Å². The number of hydrogen-bond donors (Lipinski definition) is 0. The Bertz CT molecular complexity index is 1050. The highest BCUT2D eigenvalue weighted by molar-refractivity contribution is 5.80. The molecular formula is C22H21N3O. The highest BCUT2D eigenvalue weighted by Crippen LogP contribution is 2.31. The van der Waals surface area contributed by atoms with E-state index in [4.69, 9.17) is 14.8 Å². The summed E-state index contributed by atoms with van der Waals surface area (Å²) in [6.07, 6.45) is 0.768. The molecule has 2 aromatic heterocycles. The zero-order valence-electron chi connectivity index (χ0n) is 15.2. The van der Waals surface area contributed by atoms with Crippen molar-refractivity contribution in [3.63, 3.8) is 0 Å². The van der Waals surface area contributed by atoms with E-state index in [0.717, 1.165) is 46.0 Å². The molecule has 0 amide bonds. The third-order valence-corrected chi connectivity index (χ3v) is 4.56. The van der Waals surface area contributed by atoms with Crippen LogP contribution in [0.5, 0.6) is 5.75 Å². The van der Waals surface area contributed by atoms with Crippen LogP contribution in [0.1, 0.15) is 22.6 Å². The topological polar surface area (TPSA) is 39.4 Å². The van der Waals surface area contributed by atoms with Crippen molar-refractivity contribution in [2.45, 2.75) is 20.3 Å². The second-order valence-corrected chi connectivity index (χ2v) is 6.49. The first-order valence-corrected chi connectivity index (χ1v) is 8.70. The Labute approximate surface area is 153 Å². The molecular weight excluding hydrogens is 322 g/mol. The van der Waals surface area contributed by atoms with Gasteiger partial charge in [-0.3, -0.25) is 0 Å². The molecule has 2 heterocycles. The van der Waals surface area contributed by atoms with E-state index < -0.39 is 0 Å². The molecule has 4 nitrogen and oxygen atoms in total. The molecule has 0 saturated heterocycles. The number of aryl methyl sites for hydroxylation is 2. The lowest BCUT2D eigenvalue weighted by Crippen LogP contribution is -1.97. The van der Waals surface area contributed by atoms with Gasteiger partial charge in [0.05, 0.1) is 18.4 Å². The summed E-state index contributed by atoms with van der Waals surface area (Å²) in [4.78, 5) is 4.79. The van der Waals surface area contributed by atoms with Gasteiger partial charge in [0.15, 0.2) is 5.65 Å². The fourth-order valence-corrected chi connectivity index (χ4v) is 3.33. The summed E-state index contributed by atoms with van der Waals surface area (Å²) < 4.78 is 7.25. The Kier molecular flexibility index (Phi) is 4.17. The van der Waals surface area contributed by atoms with Gasteiger partial charge in [-0.05, 0) is 43.2 Å². The minimum Gasteiger partial charge on any atom is -0.497 e. The predicted molar refractivity (Wildman–Crippen MR) is 104 cm³/mol. The van der Waals surface area contributed by atoms with Crippen LogP contribution >= 0.6 is 0 Å². The van der Waals surface area contributed by atoms with E-state index in [0.29, 0.717) is 0 Å². The smallest absolute Gasteiger partial charge is 0.163 e. The Hall–Kier alpha value is -3.14. The zero-order chi connectivity index (χ0) is 18.1. The maximum atomic E-state index is 5.30. The monoisotopic (exact) mass is 343 g/mol. The summed E-state index contributed by atoms with van der Waals surface area (Å²) in [6.45, 7) is 4.09. The van der Waals surface area contributed by atoms with Gasteiger partial charge in [0.25, 0.3) is 0 Å². The van der Waals surface area contributed by atoms with Crippen LogP contribution < -0.4 is 4.74 Å². The number of rotatable bonds is 4. The first-order valence-electron chi connectivity index (χ1n) is 8.70. The van der Waals surface area contributed by atoms with E-state index in [-0.39, 0.29) is 0 Å². The van der Waals surface area contributed by atoms with Crippen molar-refractivity contribution >= 4 is 5.65 Å². The first kappa shape index (κ1) is 16.3. The first-order chi connectivity index (χ1) is 12.7. The Morgan fingerprint density at radius 1 is 0.962 bits per heavy atom. The summed E-state index contributed by atoms with van der Waals surface area (Å²) in [6, 6.07) is 20.6. The van der Waals surface area contributed by atoms with Crippen molar-refractivity contribution in [2.75, 3.05) is 7.11 Å². The third kappa shape index (κ3) is 2.94. The van der Waals surface area contributed by atoms with Gasteiger partial charge in [0.2, 0.25) is 0 Å². The standard InChI is InChI=1S/C22H21N3O/c1-15-13-16(2)25-22(23-15)21(18-9-11-19(26-3)12-10-18)20(24-25)14-17-7-5-4-6-8-17/h4-13H,14H2,1-3H3. The van der Waals surface area contributed by atoms with E-state index in [1.807, 2.05) is 29.6 Å². The van der Waals surface area contributed by atoms with E-state index in [1.54, 1.807) is 7.11 Å². The highest BCUT2D eigenvalue weighted by atomic mass is 16.5. The van der Waals surface area contributed by atoms with E-state index >= 15 is 0 Å². The van der Waals surface area contributed by atoms with Crippen molar-refractivity contribution < 1.29 is 4.74 Å². The molecule has 0 unspecified atom stereocenters. The second kappa shape index (κ2) is 6.64. The summed E-state index contributed by atoms with van der Waals surface area (Å²) in [5.74, 6) is 0.843. The molecule has 0 atom stereocenters. The molecule has 4 heteroatoms. The normalized spacial score (nSPS) is 11.0. The largest absolute Gasteiger partial charge is 0.497 e. The Balaban J connectivity index is 1.93.